The van der Waals surface area contributed by atoms with E-state index in [1.54, 1.807) is 11.0 Å². The van der Waals surface area contributed by atoms with Crippen LogP contribution in [0.5, 0.6) is 5.75 Å². The molecule has 3 heterocycles. The second-order valence-electron chi connectivity index (χ2n) is 13.4. The molecule has 0 N–H and O–H groups in total. The summed E-state index contributed by atoms with van der Waals surface area (Å²) in [5.41, 5.74) is 5.86. The molecule has 1 amide bonds. The number of fused-ring (bicyclic) bond motifs is 8. The highest BCUT2D eigenvalue weighted by atomic mass is 35.5. The van der Waals surface area contributed by atoms with Gasteiger partial charge in [-0.3, -0.25) is 4.90 Å². The van der Waals surface area contributed by atoms with E-state index in [-0.39, 0.29) is 23.2 Å². The van der Waals surface area contributed by atoms with Gasteiger partial charge >= 0.3 is 12.5 Å². The van der Waals surface area contributed by atoms with E-state index in [1.807, 2.05) is 45.0 Å². The van der Waals surface area contributed by atoms with Crippen LogP contribution in [0.3, 0.4) is 0 Å². The first kappa shape index (κ1) is 28.3. The topological polar surface area (TPSA) is 47.6 Å². The maximum atomic E-state index is 13.4. The standard InChI is InChI=1S/C33H34ClF3N3O3/c1-31(2,3)43-30(41)38-17-22-14-23(34)12-13-25(22)39-27(18-38)40-26-16-32(26,4)29(40)28(39)20-10-8-19(9-11-20)21-6-5-7-24(15-21)42-33(35,36)37/h5-8,12-15,20,26H,9-11,16-18H2,1-4H3/q+1. The Bertz CT molecular complexity index is 1690. The quantitative estimate of drug-likeness (QED) is 0.281. The Morgan fingerprint density at radius 2 is 1.91 bits per heavy atom. The van der Waals surface area contributed by atoms with Crippen molar-refractivity contribution in [1.82, 2.24) is 9.47 Å². The predicted octanol–water partition coefficient (Wildman–Crippen LogP) is 8.13. The first-order valence-electron chi connectivity index (χ1n) is 14.7. The number of alkyl halides is 3. The number of hydrogen-bond acceptors (Lipinski definition) is 3. The molecule has 4 aliphatic rings. The van der Waals surface area contributed by atoms with Crippen molar-refractivity contribution in [3.8, 4) is 11.4 Å². The monoisotopic (exact) mass is 612 g/mol. The molecular weight excluding hydrogens is 579 g/mol. The molecule has 43 heavy (non-hydrogen) atoms. The van der Waals surface area contributed by atoms with Crippen LogP contribution in [-0.2, 0) is 23.2 Å². The lowest BCUT2D eigenvalue weighted by atomic mass is 9.81. The Morgan fingerprint density at radius 1 is 1.12 bits per heavy atom. The van der Waals surface area contributed by atoms with Gasteiger partial charge in [0.05, 0.1) is 12.0 Å². The van der Waals surface area contributed by atoms with E-state index in [1.165, 1.54) is 23.5 Å². The number of aromatic nitrogens is 2. The summed E-state index contributed by atoms with van der Waals surface area (Å²) in [7, 11) is 0. The van der Waals surface area contributed by atoms with Crippen LogP contribution in [0.2, 0.25) is 5.02 Å². The molecule has 0 bridgehead atoms. The third-order valence-electron chi connectivity index (χ3n) is 9.17. The summed E-state index contributed by atoms with van der Waals surface area (Å²) in [6, 6.07) is 12.5. The summed E-state index contributed by atoms with van der Waals surface area (Å²) in [5.74, 6) is 1.08. The number of amides is 1. The molecule has 1 fully saturated rings. The molecular formula is C33H34ClF3N3O3+. The van der Waals surface area contributed by atoms with Crippen molar-refractivity contribution < 1.29 is 32.0 Å². The third-order valence-corrected chi connectivity index (χ3v) is 9.40. The fourth-order valence-electron chi connectivity index (χ4n) is 7.23. The second-order valence-corrected chi connectivity index (χ2v) is 13.8. The van der Waals surface area contributed by atoms with Crippen molar-refractivity contribution in [2.24, 2.45) is 0 Å². The normalized spacial score (nSPS) is 24.0. The summed E-state index contributed by atoms with van der Waals surface area (Å²) >= 11 is 6.47. The minimum Gasteiger partial charge on any atom is -0.444 e. The van der Waals surface area contributed by atoms with Gasteiger partial charge in [-0.25, -0.2) is 9.36 Å². The number of allylic oxidation sites excluding steroid dienone is 2. The number of hydrogen-bond donors (Lipinski definition) is 0. The van der Waals surface area contributed by atoms with Crippen molar-refractivity contribution in [3.63, 3.8) is 0 Å². The van der Waals surface area contributed by atoms with Gasteiger partial charge in [-0.15, -0.1) is 13.2 Å². The smallest absolute Gasteiger partial charge is 0.444 e. The van der Waals surface area contributed by atoms with Crippen LogP contribution in [0.1, 0.15) is 93.7 Å². The summed E-state index contributed by atoms with van der Waals surface area (Å²) in [5, 5.41) is 0.611. The number of benzene rings is 2. The van der Waals surface area contributed by atoms with Crippen molar-refractivity contribution in [2.75, 3.05) is 0 Å². The maximum Gasteiger partial charge on any atom is 0.573 e. The molecule has 0 spiro atoms. The minimum atomic E-state index is -4.73. The number of ether oxygens (including phenoxy) is 2. The summed E-state index contributed by atoms with van der Waals surface area (Å²) < 4.78 is 53.2. The summed E-state index contributed by atoms with van der Waals surface area (Å²) in [6.07, 6.45) is 0.509. The zero-order chi connectivity index (χ0) is 30.5. The number of carbonyl (C=O) groups excluding carboxylic acids is 1. The summed E-state index contributed by atoms with van der Waals surface area (Å²) in [6.45, 7) is 8.73. The SMILES string of the molecule is CC(C)(C)OC(=O)N1Cc2cc(Cl)ccc2-n2c(C3CC=C(c4cccc(OC(F)(F)F)c4)CC3)c3[n+](c2C1)C1CC31C. The number of imidazole rings is 1. The van der Waals surface area contributed by atoms with E-state index in [2.05, 4.69) is 26.9 Å². The molecule has 0 radical (unpaired) electrons. The second kappa shape index (κ2) is 9.52. The van der Waals surface area contributed by atoms with E-state index in [0.717, 1.165) is 53.9 Å². The van der Waals surface area contributed by atoms with Crippen LogP contribution in [0, 0.1) is 0 Å². The number of halogens is 4. The Morgan fingerprint density at radius 3 is 2.60 bits per heavy atom. The van der Waals surface area contributed by atoms with E-state index < -0.39 is 12.0 Å². The third kappa shape index (κ3) is 4.89. The molecule has 10 heteroatoms. The number of carbonyl (C=O) groups is 1. The average Bonchev–Trinajstić information content (AvgIpc) is 3.43. The van der Waals surface area contributed by atoms with Gasteiger partial charge in [0.25, 0.3) is 5.82 Å². The van der Waals surface area contributed by atoms with E-state index >= 15 is 0 Å². The lowest BCUT2D eigenvalue weighted by molar-refractivity contribution is -0.750. The van der Waals surface area contributed by atoms with Crippen molar-refractivity contribution in [2.45, 2.75) is 95.8 Å². The van der Waals surface area contributed by atoms with Crippen LogP contribution in [-0.4, -0.2) is 27.5 Å². The molecule has 1 aromatic heterocycles. The molecule has 3 unspecified atom stereocenters. The van der Waals surface area contributed by atoms with Crippen molar-refractivity contribution >= 4 is 23.3 Å². The minimum absolute atomic E-state index is 0.116. The molecule has 7 rings (SSSR count). The molecule has 2 aromatic carbocycles. The van der Waals surface area contributed by atoms with E-state index in [9.17, 15) is 18.0 Å². The first-order valence-corrected chi connectivity index (χ1v) is 15.1. The highest BCUT2D eigenvalue weighted by molar-refractivity contribution is 6.30. The van der Waals surface area contributed by atoms with Gasteiger partial charge in [0, 0.05) is 22.9 Å². The Balaban J connectivity index is 1.28. The van der Waals surface area contributed by atoms with E-state index in [0.29, 0.717) is 24.2 Å². The lowest BCUT2D eigenvalue weighted by Gasteiger charge is -2.27. The Labute approximate surface area is 253 Å². The molecule has 226 valence electrons. The zero-order valence-corrected chi connectivity index (χ0v) is 25.4. The summed E-state index contributed by atoms with van der Waals surface area (Å²) in [4.78, 5) is 15.2. The van der Waals surface area contributed by atoms with Crippen LogP contribution >= 0.6 is 11.6 Å². The molecule has 2 aliphatic heterocycles. The van der Waals surface area contributed by atoms with E-state index in [4.69, 9.17) is 16.3 Å². The van der Waals surface area contributed by atoms with Crippen LogP contribution in [0.25, 0.3) is 11.3 Å². The largest absolute Gasteiger partial charge is 0.573 e. The Hall–Kier alpha value is -3.46. The van der Waals surface area contributed by atoms with Crippen LogP contribution in [0.4, 0.5) is 18.0 Å². The fraction of sp³-hybridized carbons (Fsp3) is 0.455. The molecule has 6 nitrogen and oxygen atoms in total. The lowest BCUT2D eigenvalue weighted by Crippen LogP contribution is -2.54. The van der Waals surface area contributed by atoms with Gasteiger partial charge < -0.3 is 9.47 Å². The van der Waals surface area contributed by atoms with Crippen molar-refractivity contribution in [3.05, 3.63) is 81.9 Å². The van der Waals surface area contributed by atoms with Gasteiger partial charge in [0.2, 0.25) is 0 Å². The predicted molar refractivity (Wildman–Crippen MR) is 155 cm³/mol. The molecule has 2 aliphatic carbocycles. The number of rotatable bonds is 3. The highest BCUT2D eigenvalue weighted by Gasteiger charge is 2.73. The average molecular weight is 613 g/mol. The van der Waals surface area contributed by atoms with Crippen LogP contribution in [0.15, 0.2) is 48.5 Å². The zero-order valence-electron chi connectivity index (χ0n) is 24.6. The highest BCUT2D eigenvalue weighted by Crippen LogP contribution is 2.64. The Kier molecular flexibility index (Phi) is 6.27. The first-order chi connectivity index (χ1) is 20.2. The molecule has 1 saturated carbocycles. The molecule has 0 saturated heterocycles. The van der Waals surface area contributed by atoms with Crippen molar-refractivity contribution in [1.29, 1.82) is 0 Å². The molecule has 3 atom stereocenters. The number of nitrogens with zero attached hydrogens (tertiary/aromatic N) is 3. The van der Waals surface area contributed by atoms with Crippen LogP contribution < -0.4 is 9.30 Å². The van der Waals surface area contributed by atoms with Gasteiger partial charge in [-0.1, -0.05) is 29.8 Å². The van der Waals surface area contributed by atoms with Gasteiger partial charge in [0.15, 0.2) is 11.4 Å². The van der Waals surface area contributed by atoms with Gasteiger partial charge in [-0.2, -0.15) is 4.57 Å². The molecule has 3 aromatic rings. The van der Waals surface area contributed by atoms with Gasteiger partial charge in [-0.05, 0) is 88.4 Å². The maximum absolute atomic E-state index is 13.4. The fourth-order valence-corrected chi connectivity index (χ4v) is 7.43. The van der Waals surface area contributed by atoms with Gasteiger partial charge in [0.1, 0.15) is 29.6 Å².